The molecule has 3 heteroatoms. The Hall–Kier alpha value is -1.51. The Balaban J connectivity index is 1.32. The lowest BCUT2D eigenvalue weighted by Crippen LogP contribution is -2.30. The summed E-state index contributed by atoms with van der Waals surface area (Å²) in [5.74, 6) is 3.65. The van der Waals surface area contributed by atoms with Gasteiger partial charge in [0.25, 0.3) is 0 Å². The zero-order chi connectivity index (χ0) is 14.1. The maximum atomic E-state index is 4.64. The van der Waals surface area contributed by atoms with Gasteiger partial charge in [0, 0.05) is 19.6 Å². The predicted octanol–water partition coefficient (Wildman–Crippen LogP) is 3.70. The average Bonchev–Trinajstić information content (AvgIpc) is 3.17. The molecular formula is C18H25N3. The highest BCUT2D eigenvalue weighted by Crippen LogP contribution is 2.43. The van der Waals surface area contributed by atoms with E-state index >= 15 is 0 Å². The Morgan fingerprint density at radius 2 is 2.00 bits per heavy atom. The molecule has 3 unspecified atom stereocenters. The van der Waals surface area contributed by atoms with Crippen molar-refractivity contribution in [3.63, 3.8) is 0 Å². The van der Waals surface area contributed by atoms with Crippen molar-refractivity contribution in [2.75, 3.05) is 29.9 Å². The second-order valence-corrected chi connectivity index (χ2v) is 6.87. The first-order valence-electron chi connectivity index (χ1n) is 8.52. The number of fused-ring (bicyclic) bond motifs is 2. The van der Waals surface area contributed by atoms with Crippen molar-refractivity contribution in [2.45, 2.75) is 32.1 Å². The van der Waals surface area contributed by atoms with Crippen LogP contribution in [0.5, 0.6) is 0 Å². The molecule has 3 atom stereocenters. The van der Waals surface area contributed by atoms with Crippen molar-refractivity contribution in [3.05, 3.63) is 30.5 Å². The molecule has 4 rings (SSSR count). The van der Waals surface area contributed by atoms with Crippen LogP contribution in [0.15, 0.2) is 30.5 Å². The van der Waals surface area contributed by atoms with Gasteiger partial charge in [-0.1, -0.05) is 12.2 Å². The highest BCUT2D eigenvalue weighted by molar-refractivity contribution is 5.48. The molecule has 21 heavy (non-hydrogen) atoms. The van der Waals surface area contributed by atoms with Gasteiger partial charge in [-0.3, -0.25) is 0 Å². The number of anilines is 2. The number of hydrogen-bond donors (Lipinski definition) is 1. The van der Waals surface area contributed by atoms with E-state index in [2.05, 4.69) is 39.5 Å². The molecule has 1 saturated carbocycles. The summed E-state index contributed by atoms with van der Waals surface area (Å²) < 4.78 is 0. The Bertz CT molecular complexity index is 502. The fourth-order valence-electron chi connectivity index (χ4n) is 4.18. The monoisotopic (exact) mass is 283 g/mol. The molecule has 0 aromatic carbocycles. The highest BCUT2D eigenvalue weighted by Gasteiger charge is 2.35. The lowest BCUT2D eigenvalue weighted by atomic mass is 9.93. The summed E-state index contributed by atoms with van der Waals surface area (Å²) in [5.41, 5.74) is 1.17. The van der Waals surface area contributed by atoms with Crippen LogP contribution in [0.25, 0.3) is 0 Å². The molecule has 0 radical (unpaired) electrons. The third-order valence-electron chi connectivity index (χ3n) is 5.41. The van der Waals surface area contributed by atoms with Crippen molar-refractivity contribution in [1.82, 2.24) is 4.98 Å². The summed E-state index contributed by atoms with van der Waals surface area (Å²) >= 11 is 0. The van der Waals surface area contributed by atoms with Gasteiger partial charge in [-0.15, -0.1) is 0 Å². The fraction of sp³-hybridized carbons (Fsp3) is 0.611. The standard InChI is InChI=1S/C18H25N3/c1-2-8-21(9-3-1)18-7-6-17(13-20-18)19-12-16-11-14-4-5-15(16)10-14/h4-7,13-16,19H,1-3,8-12H2. The minimum atomic E-state index is 0.821. The van der Waals surface area contributed by atoms with Crippen LogP contribution >= 0.6 is 0 Å². The molecule has 1 N–H and O–H groups in total. The lowest BCUT2D eigenvalue weighted by Gasteiger charge is -2.27. The molecule has 1 aromatic rings. The van der Waals surface area contributed by atoms with Crippen molar-refractivity contribution in [1.29, 1.82) is 0 Å². The van der Waals surface area contributed by atoms with Gasteiger partial charge in [0.05, 0.1) is 11.9 Å². The number of pyridine rings is 1. The van der Waals surface area contributed by atoms with Gasteiger partial charge in [0.15, 0.2) is 0 Å². The van der Waals surface area contributed by atoms with Gasteiger partial charge in [-0.05, 0) is 62.0 Å². The average molecular weight is 283 g/mol. The molecule has 2 aliphatic carbocycles. The van der Waals surface area contributed by atoms with Crippen molar-refractivity contribution in [3.8, 4) is 0 Å². The van der Waals surface area contributed by atoms with Gasteiger partial charge in [-0.25, -0.2) is 4.98 Å². The third-order valence-corrected chi connectivity index (χ3v) is 5.41. The zero-order valence-electron chi connectivity index (χ0n) is 12.7. The number of piperidine rings is 1. The smallest absolute Gasteiger partial charge is 0.128 e. The summed E-state index contributed by atoms with van der Waals surface area (Å²) in [6.45, 7) is 3.42. The highest BCUT2D eigenvalue weighted by atomic mass is 15.2. The lowest BCUT2D eigenvalue weighted by molar-refractivity contribution is 0.472. The first-order valence-corrected chi connectivity index (χ1v) is 8.52. The van der Waals surface area contributed by atoms with Crippen LogP contribution in [0.1, 0.15) is 32.1 Å². The molecule has 1 aliphatic heterocycles. The molecule has 1 saturated heterocycles. The summed E-state index contributed by atoms with van der Waals surface area (Å²) in [5, 5.41) is 3.59. The molecule has 0 amide bonds. The number of allylic oxidation sites excluding steroid dienone is 2. The van der Waals surface area contributed by atoms with Gasteiger partial charge >= 0.3 is 0 Å². The summed E-state index contributed by atoms with van der Waals surface area (Å²) in [6.07, 6.45) is 13.6. The van der Waals surface area contributed by atoms with E-state index in [-0.39, 0.29) is 0 Å². The van der Waals surface area contributed by atoms with Crippen LogP contribution in [0, 0.1) is 17.8 Å². The zero-order valence-corrected chi connectivity index (χ0v) is 12.7. The van der Waals surface area contributed by atoms with Crippen LogP contribution in [-0.4, -0.2) is 24.6 Å². The summed E-state index contributed by atoms with van der Waals surface area (Å²) in [7, 11) is 0. The molecule has 2 heterocycles. The minimum absolute atomic E-state index is 0.821. The maximum absolute atomic E-state index is 4.64. The van der Waals surface area contributed by atoms with E-state index in [1.807, 2.05) is 6.20 Å². The van der Waals surface area contributed by atoms with Crippen LogP contribution in [0.3, 0.4) is 0 Å². The number of rotatable bonds is 4. The molecule has 112 valence electrons. The number of hydrogen-bond acceptors (Lipinski definition) is 3. The fourth-order valence-corrected chi connectivity index (χ4v) is 4.18. The normalized spacial score (nSPS) is 30.9. The van der Waals surface area contributed by atoms with Gasteiger partial charge in [0.2, 0.25) is 0 Å². The number of aromatic nitrogens is 1. The molecule has 3 nitrogen and oxygen atoms in total. The molecular weight excluding hydrogens is 258 g/mol. The Kier molecular flexibility index (Phi) is 3.58. The summed E-state index contributed by atoms with van der Waals surface area (Å²) in [4.78, 5) is 7.06. The third kappa shape index (κ3) is 2.78. The second-order valence-electron chi connectivity index (χ2n) is 6.87. The van der Waals surface area contributed by atoms with E-state index in [0.717, 1.165) is 43.2 Å². The molecule has 3 aliphatic rings. The van der Waals surface area contributed by atoms with E-state index in [1.54, 1.807) is 0 Å². The Morgan fingerprint density at radius 3 is 2.67 bits per heavy atom. The van der Waals surface area contributed by atoms with E-state index in [0.29, 0.717) is 0 Å². The van der Waals surface area contributed by atoms with Crippen molar-refractivity contribution in [2.24, 2.45) is 17.8 Å². The van der Waals surface area contributed by atoms with Gasteiger partial charge < -0.3 is 10.2 Å². The second kappa shape index (κ2) is 5.70. The SMILES string of the molecule is C1=CC2CC1CC2CNc1ccc(N2CCCCC2)nc1. The van der Waals surface area contributed by atoms with Gasteiger partial charge in [0.1, 0.15) is 5.82 Å². The predicted molar refractivity (Wildman–Crippen MR) is 87.6 cm³/mol. The molecule has 0 spiro atoms. The van der Waals surface area contributed by atoms with Crippen LogP contribution < -0.4 is 10.2 Å². The van der Waals surface area contributed by atoms with E-state index in [1.165, 1.54) is 37.8 Å². The molecule has 2 fully saturated rings. The maximum Gasteiger partial charge on any atom is 0.128 e. The quantitative estimate of drug-likeness (QED) is 0.854. The molecule has 2 bridgehead atoms. The molecule has 1 aromatic heterocycles. The minimum Gasteiger partial charge on any atom is -0.383 e. The van der Waals surface area contributed by atoms with Crippen molar-refractivity contribution >= 4 is 11.5 Å². The van der Waals surface area contributed by atoms with Crippen LogP contribution in [0.2, 0.25) is 0 Å². The first-order chi connectivity index (χ1) is 10.4. The largest absolute Gasteiger partial charge is 0.383 e. The van der Waals surface area contributed by atoms with Crippen LogP contribution in [0.4, 0.5) is 11.5 Å². The van der Waals surface area contributed by atoms with E-state index in [4.69, 9.17) is 0 Å². The van der Waals surface area contributed by atoms with E-state index < -0.39 is 0 Å². The summed E-state index contributed by atoms with van der Waals surface area (Å²) in [6, 6.07) is 4.37. The Morgan fingerprint density at radius 1 is 1.10 bits per heavy atom. The van der Waals surface area contributed by atoms with E-state index in [9.17, 15) is 0 Å². The number of nitrogens with one attached hydrogen (secondary N) is 1. The van der Waals surface area contributed by atoms with Gasteiger partial charge in [-0.2, -0.15) is 0 Å². The first kappa shape index (κ1) is 13.2. The topological polar surface area (TPSA) is 28.2 Å². The number of nitrogens with zero attached hydrogens (tertiary/aromatic N) is 2. The van der Waals surface area contributed by atoms with Crippen LogP contribution in [-0.2, 0) is 0 Å². The van der Waals surface area contributed by atoms with Crippen molar-refractivity contribution < 1.29 is 0 Å². The Labute approximate surface area is 127 Å².